The van der Waals surface area contributed by atoms with Gasteiger partial charge in [-0.3, -0.25) is 4.79 Å². The lowest BCUT2D eigenvalue weighted by Gasteiger charge is -2.15. The fraction of sp³-hybridized carbons (Fsp3) is 0.900. The van der Waals surface area contributed by atoms with Crippen molar-refractivity contribution in [3.63, 3.8) is 0 Å². The second kappa shape index (κ2) is 7.76. The summed E-state index contributed by atoms with van der Waals surface area (Å²) >= 11 is 0. The molecule has 4 heteroatoms. The maximum atomic E-state index is 11.3. The number of hydrogen-bond donors (Lipinski definition) is 2. The molecule has 0 spiro atoms. The number of rotatable bonds is 7. The lowest BCUT2D eigenvalue weighted by molar-refractivity contribution is -0.123. The minimum atomic E-state index is -0.391. The van der Waals surface area contributed by atoms with Crippen LogP contribution in [0.4, 0.5) is 0 Å². The molecule has 3 N–H and O–H groups in total. The SMILES string of the molecule is COCCCCNC(=O)[C@@H](N)C(C)C. The predicted molar refractivity (Wildman–Crippen MR) is 56.9 cm³/mol. The quantitative estimate of drug-likeness (QED) is 0.591. The molecule has 0 aromatic rings. The van der Waals surface area contributed by atoms with Crippen molar-refractivity contribution in [3.05, 3.63) is 0 Å². The van der Waals surface area contributed by atoms with E-state index in [-0.39, 0.29) is 11.8 Å². The lowest BCUT2D eigenvalue weighted by Crippen LogP contribution is -2.44. The number of amides is 1. The van der Waals surface area contributed by atoms with Gasteiger partial charge in [0.05, 0.1) is 6.04 Å². The van der Waals surface area contributed by atoms with Crippen molar-refractivity contribution in [2.24, 2.45) is 11.7 Å². The molecule has 14 heavy (non-hydrogen) atoms. The van der Waals surface area contributed by atoms with E-state index in [9.17, 15) is 4.79 Å². The van der Waals surface area contributed by atoms with Crippen LogP contribution < -0.4 is 11.1 Å². The zero-order chi connectivity index (χ0) is 11.0. The van der Waals surface area contributed by atoms with Crippen molar-refractivity contribution >= 4 is 5.91 Å². The van der Waals surface area contributed by atoms with Crippen molar-refractivity contribution in [3.8, 4) is 0 Å². The van der Waals surface area contributed by atoms with Gasteiger partial charge in [0.25, 0.3) is 0 Å². The average molecular weight is 202 g/mol. The Morgan fingerprint density at radius 1 is 1.43 bits per heavy atom. The van der Waals surface area contributed by atoms with E-state index in [2.05, 4.69) is 5.32 Å². The Morgan fingerprint density at radius 3 is 2.57 bits per heavy atom. The Balaban J connectivity index is 3.44. The summed E-state index contributed by atoms with van der Waals surface area (Å²) in [6.07, 6.45) is 1.90. The van der Waals surface area contributed by atoms with Crippen LogP contribution in [0.15, 0.2) is 0 Å². The molecule has 0 heterocycles. The first-order valence-corrected chi connectivity index (χ1v) is 5.11. The summed E-state index contributed by atoms with van der Waals surface area (Å²) in [4.78, 5) is 11.3. The summed E-state index contributed by atoms with van der Waals surface area (Å²) in [6.45, 7) is 5.30. The van der Waals surface area contributed by atoms with Crippen LogP contribution in [-0.2, 0) is 9.53 Å². The summed E-state index contributed by atoms with van der Waals surface area (Å²) in [5.74, 6) is 0.131. The Bertz CT molecular complexity index is 160. The minimum absolute atomic E-state index is 0.0579. The summed E-state index contributed by atoms with van der Waals surface area (Å²) in [5.41, 5.74) is 5.66. The third-order valence-electron chi connectivity index (χ3n) is 2.10. The van der Waals surface area contributed by atoms with Crippen molar-refractivity contribution < 1.29 is 9.53 Å². The van der Waals surface area contributed by atoms with Crippen molar-refractivity contribution in [2.75, 3.05) is 20.3 Å². The Hall–Kier alpha value is -0.610. The number of hydrogen-bond acceptors (Lipinski definition) is 3. The van der Waals surface area contributed by atoms with E-state index in [1.165, 1.54) is 0 Å². The second-order valence-electron chi connectivity index (χ2n) is 3.76. The Morgan fingerprint density at radius 2 is 2.07 bits per heavy atom. The molecule has 1 atom stereocenters. The molecule has 0 aliphatic carbocycles. The van der Waals surface area contributed by atoms with Crippen LogP contribution in [-0.4, -0.2) is 32.2 Å². The molecule has 4 nitrogen and oxygen atoms in total. The van der Waals surface area contributed by atoms with Gasteiger partial charge >= 0.3 is 0 Å². The van der Waals surface area contributed by atoms with Crippen LogP contribution in [0.2, 0.25) is 0 Å². The summed E-state index contributed by atoms with van der Waals surface area (Å²) in [5, 5.41) is 2.80. The van der Waals surface area contributed by atoms with Crippen molar-refractivity contribution in [1.29, 1.82) is 0 Å². The van der Waals surface area contributed by atoms with E-state index in [1.54, 1.807) is 7.11 Å². The van der Waals surface area contributed by atoms with Crippen LogP contribution in [0.3, 0.4) is 0 Å². The number of nitrogens with two attached hydrogens (primary N) is 1. The molecule has 0 aliphatic rings. The first-order chi connectivity index (χ1) is 6.59. The monoisotopic (exact) mass is 202 g/mol. The highest BCUT2D eigenvalue weighted by molar-refractivity contribution is 5.81. The highest BCUT2D eigenvalue weighted by Gasteiger charge is 2.15. The molecule has 0 bridgehead atoms. The highest BCUT2D eigenvalue weighted by Crippen LogP contribution is 1.97. The highest BCUT2D eigenvalue weighted by atomic mass is 16.5. The summed E-state index contributed by atoms with van der Waals surface area (Å²) in [7, 11) is 1.67. The normalized spacial score (nSPS) is 12.9. The first-order valence-electron chi connectivity index (χ1n) is 5.11. The Kier molecular flexibility index (Phi) is 7.42. The summed E-state index contributed by atoms with van der Waals surface area (Å²) < 4.78 is 4.90. The van der Waals surface area contributed by atoms with Gasteiger partial charge in [0, 0.05) is 20.3 Å². The van der Waals surface area contributed by atoms with Gasteiger partial charge in [-0.2, -0.15) is 0 Å². The van der Waals surface area contributed by atoms with Crippen molar-refractivity contribution in [1.82, 2.24) is 5.32 Å². The first kappa shape index (κ1) is 13.4. The standard InChI is InChI=1S/C10H22N2O2/c1-8(2)9(11)10(13)12-6-4-5-7-14-3/h8-9H,4-7,11H2,1-3H3,(H,12,13)/t9-/m0/s1. The topological polar surface area (TPSA) is 64.3 Å². The van der Waals surface area contributed by atoms with Gasteiger partial charge in [-0.1, -0.05) is 13.8 Å². The molecule has 0 aromatic carbocycles. The number of nitrogens with one attached hydrogen (secondary N) is 1. The van der Waals surface area contributed by atoms with E-state index in [0.29, 0.717) is 6.54 Å². The lowest BCUT2D eigenvalue weighted by atomic mass is 10.1. The number of carbonyl (C=O) groups excluding carboxylic acids is 1. The van der Waals surface area contributed by atoms with Gasteiger partial charge in [0.15, 0.2) is 0 Å². The van der Waals surface area contributed by atoms with E-state index in [1.807, 2.05) is 13.8 Å². The number of carbonyl (C=O) groups is 1. The third-order valence-corrected chi connectivity index (χ3v) is 2.10. The van der Waals surface area contributed by atoms with Gasteiger partial charge in [0.1, 0.15) is 0 Å². The van der Waals surface area contributed by atoms with Crippen molar-refractivity contribution in [2.45, 2.75) is 32.7 Å². The molecule has 0 fully saturated rings. The average Bonchev–Trinajstić information content (AvgIpc) is 2.16. The van der Waals surface area contributed by atoms with E-state index < -0.39 is 6.04 Å². The molecule has 0 aliphatic heterocycles. The van der Waals surface area contributed by atoms with Gasteiger partial charge in [-0.25, -0.2) is 0 Å². The number of ether oxygens (including phenoxy) is 1. The maximum absolute atomic E-state index is 11.3. The Labute approximate surface area is 86.2 Å². The van der Waals surface area contributed by atoms with Gasteiger partial charge in [-0.05, 0) is 18.8 Å². The number of unbranched alkanes of at least 4 members (excludes halogenated alkanes) is 1. The second-order valence-corrected chi connectivity index (χ2v) is 3.76. The predicted octanol–water partition coefficient (Wildman–Crippen LogP) is 0.513. The molecule has 0 saturated carbocycles. The largest absolute Gasteiger partial charge is 0.385 e. The molecule has 0 rings (SSSR count). The van der Waals surface area contributed by atoms with Crippen LogP contribution in [0.1, 0.15) is 26.7 Å². The molecular formula is C10H22N2O2. The fourth-order valence-electron chi connectivity index (χ4n) is 1.00. The van der Waals surface area contributed by atoms with Crippen LogP contribution >= 0.6 is 0 Å². The maximum Gasteiger partial charge on any atom is 0.237 e. The number of methoxy groups -OCH3 is 1. The zero-order valence-electron chi connectivity index (χ0n) is 9.38. The summed E-state index contributed by atoms with van der Waals surface area (Å²) in [6, 6.07) is -0.391. The van der Waals surface area contributed by atoms with E-state index in [0.717, 1.165) is 19.4 Å². The van der Waals surface area contributed by atoms with Crippen LogP contribution in [0.5, 0.6) is 0 Å². The van der Waals surface area contributed by atoms with Gasteiger partial charge in [-0.15, -0.1) is 0 Å². The van der Waals surface area contributed by atoms with E-state index >= 15 is 0 Å². The van der Waals surface area contributed by atoms with Crippen LogP contribution in [0.25, 0.3) is 0 Å². The van der Waals surface area contributed by atoms with Crippen LogP contribution in [0, 0.1) is 5.92 Å². The molecular weight excluding hydrogens is 180 g/mol. The zero-order valence-corrected chi connectivity index (χ0v) is 9.38. The molecule has 1 amide bonds. The molecule has 0 unspecified atom stereocenters. The van der Waals surface area contributed by atoms with Gasteiger partial charge in [0.2, 0.25) is 5.91 Å². The van der Waals surface area contributed by atoms with E-state index in [4.69, 9.17) is 10.5 Å². The molecule has 0 saturated heterocycles. The molecule has 0 aromatic heterocycles. The fourth-order valence-corrected chi connectivity index (χ4v) is 1.00. The minimum Gasteiger partial charge on any atom is -0.385 e. The van der Waals surface area contributed by atoms with Gasteiger partial charge < -0.3 is 15.8 Å². The third kappa shape index (κ3) is 5.94. The molecule has 0 radical (unpaired) electrons. The molecule has 84 valence electrons. The smallest absolute Gasteiger partial charge is 0.237 e.